The van der Waals surface area contributed by atoms with E-state index in [1.54, 1.807) is 6.92 Å². The summed E-state index contributed by atoms with van der Waals surface area (Å²) < 4.78 is 60.8. The second-order valence-electron chi connectivity index (χ2n) is 17.9. The topological polar surface area (TPSA) is 199 Å². The standard InChI is InChI=1S/C45H51FN6O9S/c1-26-14-16-27(17-15-26)38-48-36-32-22-29(46)18-19-35(32)61-37(36)40(49-38)59-31-23-34-39(53)50-45(42(55)51-62(57,58)44(2)20-21-44)24-28(45)10-6-4-3-5-7-13-33(41(54)52(34)25-31)47-43(56)60-30-11-8-9-12-30/h6,10,14-19,22,28,30-31,33-34H,3-5,7-9,11-13,20-21,23-25H2,1-2H3,(H,47,56)(H,50,53)(H,51,55)/t28-,31-,33+,34+,45-/m1/s1. The lowest BCUT2D eigenvalue weighted by Crippen LogP contribution is -2.58. The number of rotatable bonds is 8. The number of nitrogens with one attached hydrogen (secondary N) is 3. The molecule has 4 amide bonds. The number of furan rings is 1. The number of alkyl carbamates (subject to hydrolysis) is 1. The van der Waals surface area contributed by atoms with Gasteiger partial charge in [0, 0.05) is 23.3 Å². The zero-order valence-corrected chi connectivity index (χ0v) is 35.6. The summed E-state index contributed by atoms with van der Waals surface area (Å²) in [5, 5.41) is 6.10. The Morgan fingerprint density at radius 1 is 0.984 bits per heavy atom. The number of fused-ring (bicyclic) bond motifs is 5. The Labute approximate surface area is 358 Å². The van der Waals surface area contributed by atoms with Crippen LogP contribution in [0.25, 0.3) is 33.5 Å². The molecule has 1 saturated heterocycles. The van der Waals surface area contributed by atoms with Crippen LogP contribution in [0.3, 0.4) is 0 Å². The summed E-state index contributed by atoms with van der Waals surface area (Å²) in [6.07, 6.45) is 9.33. The minimum absolute atomic E-state index is 0.0135. The number of hydrogen-bond donors (Lipinski definition) is 3. The molecule has 3 N–H and O–H groups in total. The molecule has 2 aromatic carbocycles. The largest absolute Gasteiger partial charge is 0.470 e. The fourth-order valence-corrected chi connectivity index (χ4v) is 10.3. The summed E-state index contributed by atoms with van der Waals surface area (Å²) in [5.74, 6) is -2.72. The Morgan fingerprint density at radius 3 is 2.50 bits per heavy atom. The molecule has 2 aliphatic heterocycles. The van der Waals surface area contributed by atoms with Crippen molar-refractivity contribution >= 4 is 55.9 Å². The minimum Gasteiger partial charge on any atom is -0.470 e. The van der Waals surface area contributed by atoms with E-state index in [2.05, 4.69) is 15.4 Å². The Bertz CT molecular complexity index is 2570. The van der Waals surface area contributed by atoms with Crippen LogP contribution in [-0.4, -0.2) is 88.2 Å². The van der Waals surface area contributed by atoms with Gasteiger partial charge in [0.1, 0.15) is 46.7 Å². The molecule has 3 aliphatic carbocycles. The van der Waals surface area contributed by atoms with Gasteiger partial charge in [-0.15, -0.1) is 0 Å². The number of hydrogen-bond acceptors (Lipinski definition) is 11. The number of benzene rings is 2. The summed E-state index contributed by atoms with van der Waals surface area (Å²) in [5.41, 5.74) is 0.906. The average molecular weight is 871 g/mol. The fraction of sp³-hybridized carbons (Fsp3) is 0.511. The molecule has 0 bridgehead atoms. The van der Waals surface area contributed by atoms with Crippen molar-refractivity contribution in [1.29, 1.82) is 0 Å². The lowest BCUT2D eigenvalue weighted by molar-refractivity contribution is -0.141. The first-order valence-electron chi connectivity index (χ1n) is 21.7. The minimum atomic E-state index is -4.04. The molecule has 9 rings (SSSR count). The van der Waals surface area contributed by atoms with Crippen LogP contribution in [0, 0.1) is 18.7 Å². The van der Waals surface area contributed by atoms with E-state index in [4.69, 9.17) is 23.9 Å². The van der Waals surface area contributed by atoms with E-state index in [1.165, 1.54) is 23.1 Å². The number of amides is 4. The van der Waals surface area contributed by atoms with Gasteiger partial charge >= 0.3 is 6.09 Å². The molecular formula is C45H51FN6O9S. The van der Waals surface area contributed by atoms with Crippen molar-refractivity contribution < 1.29 is 45.9 Å². The number of aromatic nitrogens is 2. The molecule has 328 valence electrons. The number of nitrogens with zero attached hydrogens (tertiary/aromatic N) is 3. The number of ether oxygens (including phenoxy) is 2. The molecule has 62 heavy (non-hydrogen) atoms. The van der Waals surface area contributed by atoms with E-state index in [0.29, 0.717) is 47.7 Å². The van der Waals surface area contributed by atoms with Crippen molar-refractivity contribution in [3.8, 4) is 17.3 Å². The molecule has 4 aromatic rings. The van der Waals surface area contributed by atoms with E-state index in [0.717, 1.165) is 44.1 Å². The molecule has 0 spiro atoms. The SMILES string of the molecule is Cc1ccc(-c2nc(O[C@@H]3C[C@H]4C(=O)N[C@]5(C(=O)NS(=O)(=O)C6(C)CC6)C[C@H]5C=CCCCCC[C@H](NC(=O)OC5CCCC5)C(=O)N4C3)c3oc4ccc(F)cc4c3n2)cc1. The van der Waals surface area contributed by atoms with Crippen LogP contribution in [0.4, 0.5) is 9.18 Å². The van der Waals surface area contributed by atoms with Gasteiger partial charge in [-0.1, -0.05) is 54.8 Å². The van der Waals surface area contributed by atoms with Crippen LogP contribution >= 0.6 is 0 Å². The predicted octanol–water partition coefficient (Wildman–Crippen LogP) is 6.27. The van der Waals surface area contributed by atoms with Gasteiger partial charge in [0.25, 0.3) is 11.8 Å². The molecule has 5 atom stereocenters. The third-order valence-corrected chi connectivity index (χ3v) is 15.3. The molecule has 5 aliphatic rings. The van der Waals surface area contributed by atoms with Crippen LogP contribution in [0.15, 0.2) is 59.0 Å². The van der Waals surface area contributed by atoms with Crippen LogP contribution in [-0.2, 0) is 29.1 Å². The van der Waals surface area contributed by atoms with Crippen molar-refractivity contribution in [2.24, 2.45) is 5.92 Å². The maximum atomic E-state index is 14.8. The van der Waals surface area contributed by atoms with Gasteiger partial charge in [-0.25, -0.2) is 22.6 Å². The van der Waals surface area contributed by atoms with Gasteiger partial charge in [-0.2, -0.15) is 4.98 Å². The van der Waals surface area contributed by atoms with Gasteiger partial charge in [0.2, 0.25) is 27.4 Å². The van der Waals surface area contributed by atoms with Crippen LogP contribution in [0.1, 0.15) is 96.0 Å². The van der Waals surface area contributed by atoms with E-state index >= 15 is 0 Å². The number of allylic oxidation sites excluding steroid dienone is 1. The first kappa shape index (κ1) is 41.8. The Balaban J connectivity index is 1.06. The first-order chi connectivity index (χ1) is 29.7. The highest BCUT2D eigenvalue weighted by molar-refractivity contribution is 7.91. The van der Waals surface area contributed by atoms with Crippen molar-refractivity contribution in [3.05, 3.63) is 66.0 Å². The quantitative estimate of drug-likeness (QED) is 0.169. The molecule has 2 aromatic heterocycles. The van der Waals surface area contributed by atoms with Crippen molar-refractivity contribution in [2.75, 3.05) is 6.54 Å². The van der Waals surface area contributed by atoms with Gasteiger partial charge in [0.05, 0.1) is 11.3 Å². The van der Waals surface area contributed by atoms with Gasteiger partial charge < -0.3 is 29.4 Å². The number of aryl methyl sites for hydroxylation is 1. The summed E-state index contributed by atoms with van der Waals surface area (Å²) in [7, 11) is -4.04. The molecule has 15 nitrogen and oxygen atoms in total. The average Bonchev–Trinajstić information content (AvgIpc) is 3.91. The van der Waals surface area contributed by atoms with E-state index < -0.39 is 74.0 Å². The summed E-state index contributed by atoms with van der Waals surface area (Å²) in [6, 6.07) is 9.35. The number of carbonyl (C=O) groups excluding carboxylic acids is 4. The molecule has 0 radical (unpaired) electrons. The first-order valence-corrected chi connectivity index (χ1v) is 23.2. The number of halogens is 1. The summed E-state index contributed by atoms with van der Waals surface area (Å²) in [6.45, 7) is 3.41. The zero-order chi connectivity index (χ0) is 43.4. The highest BCUT2D eigenvalue weighted by Crippen LogP contribution is 2.48. The van der Waals surface area contributed by atoms with E-state index in [1.807, 2.05) is 43.3 Å². The van der Waals surface area contributed by atoms with Crippen molar-refractivity contribution in [1.82, 2.24) is 30.2 Å². The van der Waals surface area contributed by atoms with Gasteiger partial charge in [0.15, 0.2) is 5.82 Å². The second kappa shape index (κ2) is 16.3. The maximum Gasteiger partial charge on any atom is 0.408 e. The summed E-state index contributed by atoms with van der Waals surface area (Å²) in [4.78, 5) is 67.6. The molecule has 4 heterocycles. The van der Waals surface area contributed by atoms with Gasteiger partial charge in [-0.3, -0.25) is 19.1 Å². The molecule has 4 fully saturated rings. The highest BCUT2D eigenvalue weighted by atomic mass is 32.2. The highest BCUT2D eigenvalue weighted by Gasteiger charge is 2.63. The van der Waals surface area contributed by atoms with Crippen LogP contribution in [0.5, 0.6) is 5.88 Å². The smallest absolute Gasteiger partial charge is 0.408 e. The predicted molar refractivity (Wildman–Crippen MR) is 226 cm³/mol. The maximum absolute atomic E-state index is 14.8. The third kappa shape index (κ3) is 8.22. The number of carbonyl (C=O) groups is 4. The molecule has 3 saturated carbocycles. The second-order valence-corrected chi connectivity index (χ2v) is 20.0. The molecule has 0 unspecified atom stereocenters. The zero-order valence-electron chi connectivity index (χ0n) is 34.8. The van der Waals surface area contributed by atoms with E-state index in [9.17, 15) is 32.0 Å². The lowest BCUT2D eigenvalue weighted by atomic mass is 10.0. The molecule has 17 heteroatoms. The van der Waals surface area contributed by atoms with Crippen LogP contribution < -0.4 is 20.1 Å². The van der Waals surface area contributed by atoms with Gasteiger partial charge in [-0.05, 0) is 96.3 Å². The Morgan fingerprint density at radius 2 is 1.74 bits per heavy atom. The monoisotopic (exact) mass is 870 g/mol. The van der Waals surface area contributed by atoms with Crippen molar-refractivity contribution in [3.63, 3.8) is 0 Å². The Kier molecular flexibility index (Phi) is 11.0. The van der Waals surface area contributed by atoms with Crippen molar-refractivity contribution in [2.45, 2.75) is 132 Å². The van der Waals surface area contributed by atoms with Crippen LogP contribution in [0.2, 0.25) is 0 Å². The normalized spacial score (nSPS) is 26.5. The fourth-order valence-electron chi connectivity index (χ4n) is 8.94. The Hall–Kier alpha value is -5.58. The lowest BCUT2D eigenvalue weighted by Gasteiger charge is -2.30. The number of sulfonamides is 1. The summed E-state index contributed by atoms with van der Waals surface area (Å²) >= 11 is 0. The molecular weight excluding hydrogens is 820 g/mol. The van der Waals surface area contributed by atoms with E-state index in [-0.39, 0.29) is 49.2 Å². The third-order valence-electron chi connectivity index (χ3n) is 13.2.